The van der Waals surface area contributed by atoms with Crippen LogP contribution in [0.5, 0.6) is 0 Å². The SMILES string of the molecule is CCc1cc(N(CCCl)CCOC)ncn1. The van der Waals surface area contributed by atoms with Gasteiger partial charge in [-0.25, -0.2) is 9.97 Å². The van der Waals surface area contributed by atoms with E-state index in [4.69, 9.17) is 16.3 Å². The van der Waals surface area contributed by atoms with Crippen LogP contribution in [0.25, 0.3) is 0 Å². The molecular formula is C11H18ClN3O. The van der Waals surface area contributed by atoms with E-state index in [1.54, 1.807) is 13.4 Å². The van der Waals surface area contributed by atoms with Crippen LogP contribution < -0.4 is 4.90 Å². The van der Waals surface area contributed by atoms with E-state index in [0.29, 0.717) is 12.5 Å². The fraction of sp³-hybridized carbons (Fsp3) is 0.636. The number of methoxy groups -OCH3 is 1. The van der Waals surface area contributed by atoms with Crippen LogP contribution in [0, 0.1) is 0 Å². The normalized spacial score (nSPS) is 10.4. The number of ether oxygens (including phenoxy) is 1. The second-order valence-corrected chi connectivity index (χ2v) is 3.77. The standard InChI is InChI=1S/C11H18ClN3O/c1-3-10-8-11(14-9-13-10)15(5-4-12)6-7-16-2/h8-9H,3-7H2,1-2H3. The highest BCUT2D eigenvalue weighted by molar-refractivity contribution is 6.18. The lowest BCUT2D eigenvalue weighted by Gasteiger charge is -2.22. The third kappa shape index (κ3) is 3.94. The molecule has 0 amide bonds. The molecule has 0 N–H and O–H groups in total. The average Bonchev–Trinajstić information content (AvgIpc) is 2.34. The summed E-state index contributed by atoms with van der Waals surface area (Å²) in [6.07, 6.45) is 2.51. The van der Waals surface area contributed by atoms with Gasteiger partial charge in [-0.15, -0.1) is 11.6 Å². The van der Waals surface area contributed by atoms with Crippen LogP contribution in [0.3, 0.4) is 0 Å². The second kappa shape index (κ2) is 7.41. The van der Waals surface area contributed by atoms with Crippen molar-refractivity contribution in [2.45, 2.75) is 13.3 Å². The van der Waals surface area contributed by atoms with Crippen molar-refractivity contribution < 1.29 is 4.74 Å². The first kappa shape index (κ1) is 13.2. The van der Waals surface area contributed by atoms with Crippen molar-refractivity contribution >= 4 is 17.4 Å². The summed E-state index contributed by atoms with van der Waals surface area (Å²) in [5.41, 5.74) is 1.04. The summed E-state index contributed by atoms with van der Waals surface area (Å²) < 4.78 is 5.07. The van der Waals surface area contributed by atoms with Crippen molar-refractivity contribution in [1.82, 2.24) is 9.97 Å². The van der Waals surface area contributed by atoms with Crippen molar-refractivity contribution in [3.05, 3.63) is 18.1 Å². The molecule has 90 valence electrons. The van der Waals surface area contributed by atoms with Gasteiger partial charge in [-0.05, 0) is 6.42 Å². The highest BCUT2D eigenvalue weighted by atomic mass is 35.5. The topological polar surface area (TPSA) is 38.2 Å². The molecule has 0 aliphatic carbocycles. The largest absolute Gasteiger partial charge is 0.383 e. The molecule has 0 saturated heterocycles. The summed E-state index contributed by atoms with van der Waals surface area (Å²) in [4.78, 5) is 10.5. The summed E-state index contributed by atoms with van der Waals surface area (Å²) in [7, 11) is 1.69. The van der Waals surface area contributed by atoms with E-state index < -0.39 is 0 Å². The summed E-state index contributed by atoms with van der Waals surface area (Å²) >= 11 is 5.77. The van der Waals surface area contributed by atoms with Crippen molar-refractivity contribution in [3.63, 3.8) is 0 Å². The summed E-state index contributed by atoms with van der Waals surface area (Å²) in [5.74, 6) is 1.50. The van der Waals surface area contributed by atoms with Crippen molar-refractivity contribution in [3.8, 4) is 0 Å². The number of halogens is 1. The maximum Gasteiger partial charge on any atom is 0.132 e. The zero-order valence-corrected chi connectivity index (χ0v) is 10.6. The summed E-state index contributed by atoms with van der Waals surface area (Å²) in [5, 5.41) is 0. The molecule has 0 aliphatic heterocycles. The van der Waals surface area contributed by atoms with Gasteiger partial charge in [0, 0.05) is 37.8 Å². The molecule has 5 heteroatoms. The van der Waals surface area contributed by atoms with Crippen molar-refractivity contribution in [2.24, 2.45) is 0 Å². The van der Waals surface area contributed by atoms with E-state index in [9.17, 15) is 0 Å². The van der Waals surface area contributed by atoms with Gasteiger partial charge in [0.1, 0.15) is 12.1 Å². The van der Waals surface area contributed by atoms with Gasteiger partial charge in [0.15, 0.2) is 0 Å². The van der Waals surface area contributed by atoms with Gasteiger partial charge in [-0.3, -0.25) is 0 Å². The zero-order valence-electron chi connectivity index (χ0n) is 9.82. The predicted molar refractivity (Wildman–Crippen MR) is 66.2 cm³/mol. The Bertz CT molecular complexity index is 309. The van der Waals surface area contributed by atoms with Gasteiger partial charge < -0.3 is 9.64 Å². The van der Waals surface area contributed by atoms with Gasteiger partial charge >= 0.3 is 0 Å². The minimum Gasteiger partial charge on any atom is -0.383 e. The first-order valence-electron chi connectivity index (χ1n) is 5.42. The molecular weight excluding hydrogens is 226 g/mol. The molecule has 1 heterocycles. The van der Waals surface area contributed by atoms with Gasteiger partial charge in [0.2, 0.25) is 0 Å². The van der Waals surface area contributed by atoms with Crippen LogP contribution in [0.4, 0.5) is 5.82 Å². The molecule has 0 fully saturated rings. The smallest absolute Gasteiger partial charge is 0.132 e. The Hall–Kier alpha value is -0.870. The highest BCUT2D eigenvalue weighted by Crippen LogP contribution is 2.11. The van der Waals surface area contributed by atoms with Crippen LogP contribution in [0.15, 0.2) is 12.4 Å². The lowest BCUT2D eigenvalue weighted by Crippen LogP contribution is -2.30. The molecule has 16 heavy (non-hydrogen) atoms. The molecule has 0 atom stereocenters. The van der Waals surface area contributed by atoms with Crippen LogP contribution in [-0.4, -0.2) is 42.7 Å². The lowest BCUT2D eigenvalue weighted by molar-refractivity contribution is 0.205. The number of hydrogen-bond donors (Lipinski definition) is 0. The second-order valence-electron chi connectivity index (χ2n) is 3.39. The van der Waals surface area contributed by atoms with Crippen LogP contribution in [-0.2, 0) is 11.2 Å². The fourth-order valence-electron chi connectivity index (χ4n) is 1.40. The van der Waals surface area contributed by atoms with Gasteiger partial charge in [-0.1, -0.05) is 6.92 Å². The third-order valence-electron chi connectivity index (χ3n) is 2.32. The summed E-state index contributed by atoms with van der Waals surface area (Å²) in [6.45, 7) is 4.31. The minimum atomic E-state index is 0.579. The van der Waals surface area contributed by atoms with Crippen molar-refractivity contribution in [1.29, 1.82) is 0 Å². The average molecular weight is 244 g/mol. The van der Waals surface area contributed by atoms with Crippen LogP contribution in [0.1, 0.15) is 12.6 Å². The maximum absolute atomic E-state index is 5.77. The molecule has 0 unspecified atom stereocenters. The monoisotopic (exact) mass is 243 g/mol. The Morgan fingerprint density at radius 1 is 1.38 bits per heavy atom. The number of hydrogen-bond acceptors (Lipinski definition) is 4. The first-order chi connectivity index (χ1) is 7.81. The van der Waals surface area contributed by atoms with E-state index in [1.165, 1.54) is 0 Å². The Kier molecular flexibility index (Phi) is 6.11. The lowest BCUT2D eigenvalue weighted by atomic mass is 10.3. The molecule has 1 rings (SSSR count). The van der Waals surface area contributed by atoms with Gasteiger partial charge in [0.05, 0.1) is 6.61 Å². The quantitative estimate of drug-likeness (QED) is 0.684. The molecule has 0 aromatic carbocycles. The van der Waals surface area contributed by atoms with Crippen LogP contribution in [0.2, 0.25) is 0 Å². The molecule has 4 nitrogen and oxygen atoms in total. The molecule has 1 aromatic heterocycles. The molecule has 0 aliphatic rings. The molecule has 0 spiro atoms. The zero-order chi connectivity index (χ0) is 11.8. The minimum absolute atomic E-state index is 0.579. The Labute approximate surface area is 102 Å². The van der Waals surface area contributed by atoms with E-state index in [0.717, 1.165) is 31.0 Å². The third-order valence-corrected chi connectivity index (χ3v) is 2.48. The number of anilines is 1. The van der Waals surface area contributed by atoms with E-state index in [2.05, 4.69) is 21.8 Å². The maximum atomic E-state index is 5.77. The first-order valence-corrected chi connectivity index (χ1v) is 5.96. The number of aryl methyl sites for hydroxylation is 1. The van der Waals surface area contributed by atoms with E-state index >= 15 is 0 Å². The molecule has 0 bridgehead atoms. The van der Waals surface area contributed by atoms with Crippen LogP contribution >= 0.6 is 11.6 Å². The predicted octanol–water partition coefficient (Wildman–Crippen LogP) is 1.73. The number of aromatic nitrogens is 2. The Balaban J connectivity index is 2.73. The molecule has 0 saturated carbocycles. The van der Waals surface area contributed by atoms with Gasteiger partial charge in [0.25, 0.3) is 0 Å². The summed E-state index contributed by atoms with van der Waals surface area (Å²) in [6, 6.07) is 2.00. The number of rotatable bonds is 7. The highest BCUT2D eigenvalue weighted by Gasteiger charge is 2.07. The van der Waals surface area contributed by atoms with E-state index in [1.807, 2.05) is 6.07 Å². The molecule has 1 aromatic rings. The fourth-order valence-corrected chi connectivity index (χ4v) is 1.60. The number of alkyl halides is 1. The Morgan fingerprint density at radius 2 is 2.19 bits per heavy atom. The number of nitrogens with zero attached hydrogens (tertiary/aromatic N) is 3. The Morgan fingerprint density at radius 3 is 2.81 bits per heavy atom. The van der Waals surface area contributed by atoms with Crippen molar-refractivity contribution in [2.75, 3.05) is 37.6 Å². The molecule has 0 radical (unpaired) electrons. The van der Waals surface area contributed by atoms with Gasteiger partial charge in [-0.2, -0.15) is 0 Å². The van der Waals surface area contributed by atoms with E-state index in [-0.39, 0.29) is 0 Å².